The first-order valence-electron chi connectivity index (χ1n) is 11.3. The second-order valence-electron chi connectivity index (χ2n) is 8.26. The van der Waals surface area contributed by atoms with Gasteiger partial charge in [-0.2, -0.15) is 13.2 Å². The maximum Gasteiger partial charge on any atom is 0.407 e. The van der Waals surface area contributed by atoms with Crippen LogP contribution in [0.1, 0.15) is 43.2 Å². The van der Waals surface area contributed by atoms with E-state index in [1.807, 2.05) is 48.5 Å². The van der Waals surface area contributed by atoms with Crippen molar-refractivity contribution in [2.24, 2.45) is 0 Å². The van der Waals surface area contributed by atoms with Gasteiger partial charge in [0.15, 0.2) is 0 Å². The van der Waals surface area contributed by atoms with Crippen LogP contribution in [0.3, 0.4) is 0 Å². The Morgan fingerprint density at radius 2 is 1.63 bits per heavy atom. The van der Waals surface area contributed by atoms with Crippen molar-refractivity contribution in [2.75, 3.05) is 19.7 Å². The molecule has 0 aromatic heterocycles. The van der Waals surface area contributed by atoms with Gasteiger partial charge in [0.25, 0.3) is 0 Å². The summed E-state index contributed by atoms with van der Waals surface area (Å²) in [5.74, 6) is -2.30. The number of amides is 2. The molecular formula is C25H27F3N2O5. The molecular weight excluding hydrogens is 465 g/mol. The number of carbonyl (C=O) groups is 3. The first-order valence-corrected chi connectivity index (χ1v) is 11.3. The van der Waals surface area contributed by atoms with Crippen LogP contribution in [0.4, 0.5) is 18.0 Å². The minimum absolute atomic E-state index is 0.0393. The van der Waals surface area contributed by atoms with Crippen molar-refractivity contribution in [2.45, 2.75) is 44.3 Å². The summed E-state index contributed by atoms with van der Waals surface area (Å²) < 4.78 is 44.8. The van der Waals surface area contributed by atoms with E-state index in [1.54, 1.807) is 6.92 Å². The topological polar surface area (TPSA) is 95.9 Å². The molecule has 2 N–H and O–H groups in total. The van der Waals surface area contributed by atoms with Gasteiger partial charge >= 0.3 is 18.2 Å². The molecule has 0 saturated heterocycles. The maximum absolute atomic E-state index is 13.2. The number of nitrogens with zero attached hydrogens (tertiary/aromatic N) is 1. The predicted octanol–water partition coefficient (Wildman–Crippen LogP) is 4.56. The smallest absolute Gasteiger partial charge is 0.407 e. The van der Waals surface area contributed by atoms with Crippen LogP contribution in [-0.4, -0.2) is 59.9 Å². The van der Waals surface area contributed by atoms with Gasteiger partial charge in [0, 0.05) is 25.4 Å². The number of nitrogens with one attached hydrogen (secondary N) is 1. The number of carbonyl (C=O) groups excluding carboxylic acids is 2. The number of carboxylic acid groups (broad SMARTS) is 1. The summed E-state index contributed by atoms with van der Waals surface area (Å²) in [5, 5.41) is 10.8. The molecule has 35 heavy (non-hydrogen) atoms. The van der Waals surface area contributed by atoms with Crippen LogP contribution in [0.15, 0.2) is 48.5 Å². The SMILES string of the molecule is CCN(CCCC(=O)O)C(=O)C(CC(F)(F)F)NC(=O)OCC1c2ccccc2-c2ccccc21. The molecule has 7 nitrogen and oxygen atoms in total. The number of rotatable bonds is 10. The van der Waals surface area contributed by atoms with E-state index in [2.05, 4.69) is 5.32 Å². The zero-order chi connectivity index (χ0) is 25.6. The largest absolute Gasteiger partial charge is 0.481 e. The summed E-state index contributed by atoms with van der Waals surface area (Å²) in [4.78, 5) is 37.1. The summed E-state index contributed by atoms with van der Waals surface area (Å²) >= 11 is 0. The van der Waals surface area contributed by atoms with Gasteiger partial charge in [-0.25, -0.2) is 4.79 Å². The van der Waals surface area contributed by atoms with Crippen LogP contribution in [0.2, 0.25) is 0 Å². The third kappa shape index (κ3) is 6.74. The Morgan fingerprint density at radius 1 is 1.06 bits per heavy atom. The number of alkyl halides is 3. The van der Waals surface area contributed by atoms with Crippen LogP contribution in [0.5, 0.6) is 0 Å². The fourth-order valence-electron chi connectivity index (χ4n) is 4.28. The molecule has 1 aliphatic carbocycles. The van der Waals surface area contributed by atoms with E-state index in [9.17, 15) is 27.6 Å². The van der Waals surface area contributed by atoms with E-state index in [0.29, 0.717) is 0 Å². The molecule has 10 heteroatoms. The number of carboxylic acids is 1. The summed E-state index contributed by atoms with van der Waals surface area (Å²) in [6, 6.07) is 13.4. The Kier molecular flexibility index (Phi) is 8.37. The van der Waals surface area contributed by atoms with Crippen molar-refractivity contribution in [3.05, 3.63) is 59.7 Å². The minimum atomic E-state index is -4.71. The van der Waals surface area contributed by atoms with Gasteiger partial charge in [0.1, 0.15) is 12.6 Å². The molecule has 1 atom stereocenters. The number of hydrogen-bond acceptors (Lipinski definition) is 4. The first kappa shape index (κ1) is 26.1. The van der Waals surface area contributed by atoms with Crippen molar-refractivity contribution in [3.63, 3.8) is 0 Å². The monoisotopic (exact) mass is 492 g/mol. The lowest BCUT2D eigenvalue weighted by Gasteiger charge is -2.27. The molecule has 2 amide bonds. The van der Waals surface area contributed by atoms with E-state index < -0.39 is 36.6 Å². The van der Waals surface area contributed by atoms with E-state index in [0.717, 1.165) is 27.2 Å². The highest BCUT2D eigenvalue weighted by atomic mass is 19.4. The van der Waals surface area contributed by atoms with E-state index in [1.165, 1.54) is 0 Å². The number of aliphatic carboxylic acids is 1. The van der Waals surface area contributed by atoms with Crippen LogP contribution < -0.4 is 5.32 Å². The van der Waals surface area contributed by atoms with Crippen molar-refractivity contribution < 1.29 is 37.4 Å². The highest BCUT2D eigenvalue weighted by Crippen LogP contribution is 2.44. The van der Waals surface area contributed by atoms with E-state index >= 15 is 0 Å². The predicted molar refractivity (Wildman–Crippen MR) is 122 cm³/mol. The van der Waals surface area contributed by atoms with Crippen molar-refractivity contribution in [3.8, 4) is 11.1 Å². The van der Waals surface area contributed by atoms with E-state index in [4.69, 9.17) is 9.84 Å². The standard InChI is InChI=1S/C25H27F3N2O5/c1-2-30(13-7-12-22(31)32)23(33)21(14-25(26,27)28)29-24(34)35-15-20-18-10-5-3-8-16(18)17-9-4-6-11-19(17)20/h3-6,8-11,20-21H,2,7,12-15H2,1H3,(H,29,34)(H,31,32). The van der Waals surface area contributed by atoms with Crippen LogP contribution in [-0.2, 0) is 14.3 Å². The van der Waals surface area contributed by atoms with Gasteiger partial charge < -0.3 is 20.1 Å². The Balaban J connectivity index is 1.68. The molecule has 0 aliphatic heterocycles. The van der Waals surface area contributed by atoms with E-state index in [-0.39, 0.29) is 38.5 Å². The average molecular weight is 492 g/mol. The van der Waals surface area contributed by atoms with Crippen molar-refractivity contribution in [1.82, 2.24) is 10.2 Å². The molecule has 0 saturated carbocycles. The molecule has 2 aromatic carbocycles. The lowest BCUT2D eigenvalue weighted by Crippen LogP contribution is -2.50. The molecule has 1 aliphatic rings. The third-order valence-electron chi connectivity index (χ3n) is 5.88. The highest BCUT2D eigenvalue weighted by Gasteiger charge is 2.38. The van der Waals surface area contributed by atoms with Gasteiger partial charge in [0.05, 0.1) is 6.42 Å². The number of fused-ring (bicyclic) bond motifs is 3. The molecule has 0 heterocycles. The number of benzene rings is 2. The third-order valence-corrected chi connectivity index (χ3v) is 5.88. The van der Waals surface area contributed by atoms with Crippen molar-refractivity contribution >= 4 is 18.0 Å². The molecule has 0 spiro atoms. The maximum atomic E-state index is 13.2. The van der Waals surface area contributed by atoms with Crippen LogP contribution in [0, 0.1) is 0 Å². The molecule has 0 fully saturated rings. The number of likely N-dealkylation sites (N-methyl/N-ethyl adjacent to an activating group) is 1. The zero-order valence-corrected chi connectivity index (χ0v) is 19.2. The second kappa shape index (κ2) is 11.2. The zero-order valence-electron chi connectivity index (χ0n) is 19.2. The molecule has 3 rings (SSSR count). The number of halogens is 3. The summed E-state index contributed by atoms with van der Waals surface area (Å²) in [5.41, 5.74) is 3.89. The fourth-order valence-corrected chi connectivity index (χ4v) is 4.28. The summed E-state index contributed by atoms with van der Waals surface area (Å²) in [6.07, 6.45) is -7.55. The Labute approximate surface area is 200 Å². The Bertz CT molecular complexity index is 1030. The van der Waals surface area contributed by atoms with Gasteiger partial charge in [-0.05, 0) is 35.6 Å². The molecule has 188 valence electrons. The summed E-state index contributed by atoms with van der Waals surface area (Å²) in [7, 11) is 0. The average Bonchev–Trinajstić information content (AvgIpc) is 3.12. The number of ether oxygens (including phenoxy) is 1. The fraction of sp³-hybridized carbons (Fsp3) is 0.400. The molecule has 0 radical (unpaired) electrons. The van der Waals surface area contributed by atoms with Gasteiger partial charge in [-0.1, -0.05) is 48.5 Å². The lowest BCUT2D eigenvalue weighted by molar-refractivity contribution is -0.154. The van der Waals surface area contributed by atoms with Gasteiger partial charge in [-0.3, -0.25) is 9.59 Å². The van der Waals surface area contributed by atoms with Gasteiger partial charge in [-0.15, -0.1) is 0 Å². The quantitative estimate of drug-likeness (QED) is 0.507. The van der Waals surface area contributed by atoms with Crippen LogP contribution >= 0.6 is 0 Å². The number of hydrogen-bond donors (Lipinski definition) is 2. The minimum Gasteiger partial charge on any atom is -0.481 e. The molecule has 1 unspecified atom stereocenters. The van der Waals surface area contributed by atoms with Crippen molar-refractivity contribution in [1.29, 1.82) is 0 Å². The number of alkyl carbamates (subject to hydrolysis) is 1. The molecule has 2 aromatic rings. The highest BCUT2D eigenvalue weighted by molar-refractivity contribution is 5.86. The summed E-state index contributed by atoms with van der Waals surface area (Å²) in [6.45, 7) is 1.49. The lowest BCUT2D eigenvalue weighted by atomic mass is 9.98. The molecule has 0 bridgehead atoms. The normalized spacial score (nSPS) is 13.5. The second-order valence-corrected chi connectivity index (χ2v) is 8.26. The Hall–Kier alpha value is -3.56. The Morgan fingerprint density at radius 3 is 2.14 bits per heavy atom. The van der Waals surface area contributed by atoms with Gasteiger partial charge in [0.2, 0.25) is 5.91 Å². The van der Waals surface area contributed by atoms with Crippen LogP contribution in [0.25, 0.3) is 11.1 Å². The first-order chi connectivity index (χ1) is 16.6.